The summed E-state index contributed by atoms with van der Waals surface area (Å²) in [5, 5.41) is 17.9. The molecule has 0 aliphatic heterocycles. The van der Waals surface area contributed by atoms with Crippen molar-refractivity contribution >= 4 is 21.9 Å². The summed E-state index contributed by atoms with van der Waals surface area (Å²) in [6.07, 6.45) is 0. The number of hydrogen-bond donors (Lipinski definition) is 1. The summed E-state index contributed by atoms with van der Waals surface area (Å²) in [4.78, 5) is 10.8. The minimum atomic E-state index is -1.14. The summed E-state index contributed by atoms with van der Waals surface area (Å²) in [6, 6.07) is 9.69. The van der Waals surface area contributed by atoms with E-state index < -0.39 is 11.8 Å². The number of benzene rings is 2. The molecule has 0 saturated heterocycles. The monoisotopic (exact) mass is 335 g/mol. The number of nitriles is 1. The Labute approximate surface area is 122 Å². The van der Waals surface area contributed by atoms with Crippen LogP contribution in [0.15, 0.2) is 40.9 Å². The fraction of sp³-hybridized carbons (Fsp3) is 0. The van der Waals surface area contributed by atoms with E-state index in [4.69, 9.17) is 15.1 Å². The van der Waals surface area contributed by atoms with Crippen molar-refractivity contribution in [3.8, 4) is 17.6 Å². The Balaban J connectivity index is 2.38. The standard InChI is InChI=1S/C14H7BrFNO3/c15-10-4-11(16)6-12(5-10)20-13-2-1-8(14(18)19)3-9(13)7-17/h1-6H,(H,18,19). The van der Waals surface area contributed by atoms with E-state index >= 15 is 0 Å². The van der Waals surface area contributed by atoms with Crippen LogP contribution in [0.25, 0.3) is 0 Å². The highest BCUT2D eigenvalue weighted by Crippen LogP contribution is 2.28. The molecule has 0 aliphatic carbocycles. The van der Waals surface area contributed by atoms with Crippen LogP contribution in [0, 0.1) is 17.1 Å². The van der Waals surface area contributed by atoms with Crippen LogP contribution in [0.2, 0.25) is 0 Å². The van der Waals surface area contributed by atoms with Crippen molar-refractivity contribution in [2.75, 3.05) is 0 Å². The van der Waals surface area contributed by atoms with Crippen LogP contribution in [0.4, 0.5) is 4.39 Å². The number of ether oxygens (including phenoxy) is 1. The zero-order chi connectivity index (χ0) is 14.7. The first-order valence-corrected chi connectivity index (χ1v) is 6.20. The third-order valence-electron chi connectivity index (χ3n) is 2.41. The summed E-state index contributed by atoms with van der Waals surface area (Å²) in [5.41, 5.74) is 0.0413. The maximum atomic E-state index is 13.2. The van der Waals surface area contributed by atoms with Gasteiger partial charge in [-0.05, 0) is 30.3 Å². The molecule has 20 heavy (non-hydrogen) atoms. The van der Waals surface area contributed by atoms with Gasteiger partial charge in [-0.1, -0.05) is 15.9 Å². The Morgan fingerprint density at radius 3 is 2.65 bits per heavy atom. The SMILES string of the molecule is N#Cc1cc(C(=O)O)ccc1Oc1cc(F)cc(Br)c1. The minimum absolute atomic E-state index is 0.0191. The van der Waals surface area contributed by atoms with Gasteiger partial charge in [-0.2, -0.15) is 5.26 Å². The molecule has 0 unspecified atom stereocenters. The molecule has 1 N–H and O–H groups in total. The first-order valence-electron chi connectivity index (χ1n) is 5.41. The van der Waals surface area contributed by atoms with Crippen molar-refractivity contribution in [1.29, 1.82) is 5.26 Å². The molecular formula is C14H7BrFNO3. The molecule has 0 aromatic heterocycles. The Kier molecular flexibility index (Phi) is 4.01. The van der Waals surface area contributed by atoms with Crippen molar-refractivity contribution in [2.45, 2.75) is 0 Å². The molecule has 0 fully saturated rings. The van der Waals surface area contributed by atoms with Gasteiger partial charge in [0.25, 0.3) is 0 Å². The number of hydrogen-bond acceptors (Lipinski definition) is 3. The smallest absolute Gasteiger partial charge is 0.335 e. The highest BCUT2D eigenvalue weighted by atomic mass is 79.9. The molecule has 0 spiro atoms. The average Bonchev–Trinajstić information content (AvgIpc) is 2.37. The van der Waals surface area contributed by atoms with E-state index in [1.807, 2.05) is 6.07 Å². The Bertz CT molecular complexity index is 705. The average molecular weight is 336 g/mol. The lowest BCUT2D eigenvalue weighted by Crippen LogP contribution is -1.98. The van der Waals surface area contributed by atoms with Crippen molar-refractivity contribution < 1.29 is 19.0 Å². The fourth-order valence-corrected chi connectivity index (χ4v) is 2.00. The molecule has 0 saturated carbocycles. The van der Waals surface area contributed by atoms with Crippen LogP contribution < -0.4 is 4.74 Å². The predicted octanol–water partition coefficient (Wildman–Crippen LogP) is 3.95. The van der Waals surface area contributed by atoms with Crippen molar-refractivity contribution in [1.82, 2.24) is 0 Å². The Hall–Kier alpha value is -2.39. The van der Waals surface area contributed by atoms with E-state index in [2.05, 4.69) is 15.9 Å². The number of rotatable bonds is 3. The van der Waals surface area contributed by atoms with Crippen LogP contribution >= 0.6 is 15.9 Å². The Morgan fingerprint density at radius 1 is 1.30 bits per heavy atom. The molecule has 2 aromatic carbocycles. The Morgan fingerprint density at radius 2 is 2.05 bits per heavy atom. The first-order chi connectivity index (χ1) is 9.49. The van der Waals surface area contributed by atoms with Crippen molar-refractivity contribution in [2.24, 2.45) is 0 Å². The predicted molar refractivity (Wildman–Crippen MR) is 72.3 cm³/mol. The lowest BCUT2D eigenvalue weighted by Gasteiger charge is -2.08. The summed E-state index contributed by atoms with van der Waals surface area (Å²) >= 11 is 3.13. The molecule has 0 amide bonds. The van der Waals surface area contributed by atoms with E-state index in [0.29, 0.717) is 4.47 Å². The zero-order valence-corrected chi connectivity index (χ0v) is 11.5. The van der Waals surface area contributed by atoms with Crippen LogP contribution in [0.3, 0.4) is 0 Å². The number of carbonyl (C=O) groups is 1. The molecule has 100 valence electrons. The highest BCUT2D eigenvalue weighted by molar-refractivity contribution is 9.10. The van der Waals surface area contributed by atoms with Crippen LogP contribution in [-0.4, -0.2) is 11.1 Å². The molecule has 2 rings (SSSR count). The van der Waals surface area contributed by atoms with Crippen molar-refractivity contribution in [3.63, 3.8) is 0 Å². The molecule has 0 radical (unpaired) electrons. The van der Waals surface area contributed by atoms with Gasteiger partial charge in [-0.25, -0.2) is 9.18 Å². The maximum absolute atomic E-state index is 13.2. The van der Waals surface area contributed by atoms with Crippen LogP contribution in [-0.2, 0) is 0 Å². The molecular weight excluding hydrogens is 329 g/mol. The zero-order valence-electron chi connectivity index (χ0n) is 9.93. The van der Waals surface area contributed by atoms with E-state index in [0.717, 1.165) is 6.07 Å². The number of halogens is 2. The molecule has 2 aromatic rings. The van der Waals surface area contributed by atoms with Gasteiger partial charge in [-0.15, -0.1) is 0 Å². The molecule has 0 aliphatic rings. The highest BCUT2D eigenvalue weighted by Gasteiger charge is 2.10. The largest absolute Gasteiger partial charge is 0.478 e. The normalized spacial score (nSPS) is 9.85. The fourth-order valence-electron chi connectivity index (χ4n) is 1.55. The lowest BCUT2D eigenvalue weighted by atomic mass is 10.1. The lowest BCUT2D eigenvalue weighted by molar-refractivity contribution is 0.0697. The maximum Gasteiger partial charge on any atom is 0.335 e. The van der Waals surface area contributed by atoms with E-state index in [-0.39, 0.29) is 22.6 Å². The second kappa shape index (κ2) is 5.72. The van der Waals surface area contributed by atoms with Gasteiger partial charge in [0.15, 0.2) is 0 Å². The van der Waals surface area contributed by atoms with Gasteiger partial charge >= 0.3 is 5.97 Å². The quantitative estimate of drug-likeness (QED) is 0.921. The van der Waals surface area contributed by atoms with Gasteiger partial charge < -0.3 is 9.84 Å². The van der Waals surface area contributed by atoms with Crippen LogP contribution in [0.1, 0.15) is 15.9 Å². The summed E-state index contributed by atoms with van der Waals surface area (Å²) < 4.78 is 19.1. The minimum Gasteiger partial charge on any atom is -0.478 e. The molecule has 6 heteroatoms. The summed E-state index contributed by atoms with van der Waals surface area (Å²) in [7, 11) is 0. The number of aromatic carboxylic acids is 1. The van der Waals surface area contributed by atoms with Gasteiger partial charge in [0.05, 0.1) is 11.1 Å². The van der Waals surface area contributed by atoms with Crippen molar-refractivity contribution in [3.05, 3.63) is 57.8 Å². The summed E-state index contributed by atoms with van der Waals surface area (Å²) in [5.74, 6) is -1.26. The van der Waals surface area contributed by atoms with E-state index in [1.165, 1.54) is 30.3 Å². The van der Waals surface area contributed by atoms with Gasteiger partial charge in [0.2, 0.25) is 0 Å². The second-order valence-corrected chi connectivity index (χ2v) is 4.75. The third kappa shape index (κ3) is 3.13. The number of carboxylic acids is 1. The molecule has 4 nitrogen and oxygen atoms in total. The molecule has 0 heterocycles. The topological polar surface area (TPSA) is 70.3 Å². The van der Waals surface area contributed by atoms with Gasteiger partial charge in [-0.3, -0.25) is 0 Å². The third-order valence-corrected chi connectivity index (χ3v) is 2.87. The number of carboxylic acid groups (broad SMARTS) is 1. The first kappa shape index (κ1) is 14.0. The summed E-state index contributed by atoms with van der Waals surface area (Å²) in [6.45, 7) is 0. The molecule has 0 bridgehead atoms. The van der Waals surface area contributed by atoms with E-state index in [1.54, 1.807) is 0 Å². The van der Waals surface area contributed by atoms with Gasteiger partial charge in [0, 0.05) is 10.5 Å². The van der Waals surface area contributed by atoms with Crippen LogP contribution in [0.5, 0.6) is 11.5 Å². The van der Waals surface area contributed by atoms with E-state index in [9.17, 15) is 9.18 Å². The molecule has 0 atom stereocenters. The van der Waals surface area contributed by atoms with Gasteiger partial charge in [0.1, 0.15) is 23.4 Å². The second-order valence-electron chi connectivity index (χ2n) is 3.84. The number of nitrogens with zero attached hydrogens (tertiary/aromatic N) is 1.